The fourth-order valence-corrected chi connectivity index (χ4v) is 2.98. The highest BCUT2D eigenvalue weighted by atomic mass is 16.5. The van der Waals surface area contributed by atoms with Crippen LogP contribution in [0.3, 0.4) is 0 Å². The molecule has 128 valence electrons. The molecule has 0 radical (unpaired) electrons. The number of ether oxygens (including phenoxy) is 3. The molecule has 1 saturated heterocycles. The molecule has 23 heavy (non-hydrogen) atoms. The number of nitrogens with zero attached hydrogens (tertiary/aromatic N) is 1. The number of hydrogen-bond donors (Lipinski definition) is 1. The van der Waals surface area contributed by atoms with Crippen molar-refractivity contribution in [2.24, 2.45) is 11.1 Å². The zero-order valence-corrected chi connectivity index (χ0v) is 14.1. The molecule has 6 heteroatoms. The zero-order chi connectivity index (χ0) is 16.9. The number of amides is 1. The van der Waals surface area contributed by atoms with Gasteiger partial charge in [-0.1, -0.05) is 0 Å². The van der Waals surface area contributed by atoms with Crippen LogP contribution in [0.1, 0.15) is 18.4 Å². The minimum Gasteiger partial charge on any atom is -0.497 e. The minimum absolute atomic E-state index is 0.0742. The third-order valence-electron chi connectivity index (χ3n) is 4.47. The molecule has 1 amide bonds. The summed E-state index contributed by atoms with van der Waals surface area (Å²) in [6.45, 7) is 2.00. The van der Waals surface area contributed by atoms with Crippen LogP contribution < -0.4 is 15.2 Å². The van der Waals surface area contributed by atoms with E-state index in [0.29, 0.717) is 50.6 Å². The first-order valence-corrected chi connectivity index (χ1v) is 7.80. The molecule has 1 aliphatic heterocycles. The maximum absolute atomic E-state index is 12.9. The van der Waals surface area contributed by atoms with E-state index in [2.05, 4.69) is 0 Å². The molecule has 6 nitrogen and oxygen atoms in total. The highest BCUT2D eigenvalue weighted by Gasteiger charge is 2.40. The van der Waals surface area contributed by atoms with Gasteiger partial charge in [0.15, 0.2) is 0 Å². The van der Waals surface area contributed by atoms with Gasteiger partial charge in [0.1, 0.15) is 11.5 Å². The Morgan fingerprint density at radius 3 is 2.26 bits per heavy atom. The van der Waals surface area contributed by atoms with Gasteiger partial charge in [-0.3, -0.25) is 4.79 Å². The Morgan fingerprint density at radius 2 is 1.78 bits per heavy atom. The van der Waals surface area contributed by atoms with Crippen molar-refractivity contribution < 1.29 is 19.0 Å². The van der Waals surface area contributed by atoms with E-state index in [1.54, 1.807) is 26.2 Å². The van der Waals surface area contributed by atoms with Gasteiger partial charge in [-0.2, -0.15) is 0 Å². The lowest BCUT2D eigenvalue weighted by Gasteiger charge is -2.37. The quantitative estimate of drug-likeness (QED) is 0.857. The van der Waals surface area contributed by atoms with E-state index in [-0.39, 0.29) is 5.91 Å². The number of hydrogen-bond acceptors (Lipinski definition) is 5. The number of carbonyl (C=O) groups is 1. The number of methoxy groups -OCH3 is 2. The predicted octanol–water partition coefficient (Wildman–Crippen LogP) is 1.42. The summed E-state index contributed by atoms with van der Waals surface area (Å²) in [5.41, 5.74) is 6.37. The van der Waals surface area contributed by atoms with Crippen LogP contribution >= 0.6 is 0 Å². The average Bonchev–Trinajstić information content (AvgIpc) is 2.61. The van der Waals surface area contributed by atoms with Crippen LogP contribution in [-0.2, 0) is 16.1 Å². The van der Waals surface area contributed by atoms with Crippen molar-refractivity contribution in [3.05, 3.63) is 23.8 Å². The lowest BCUT2D eigenvalue weighted by molar-refractivity contribution is -0.146. The lowest BCUT2D eigenvalue weighted by atomic mass is 9.79. The lowest BCUT2D eigenvalue weighted by Crippen LogP contribution is -2.49. The standard InChI is InChI=1S/C17H26N2O4/c1-19(16(20)17(12-18)4-6-23-7-5-17)11-13-8-14(21-2)10-15(9-13)22-3/h8-10H,4-7,11-12,18H2,1-3H3. The summed E-state index contributed by atoms with van der Waals surface area (Å²) in [4.78, 5) is 14.6. The Labute approximate surface area is 137 Å². The number of carbonyl (C=O) groups excluding carboxylic acids is 1. The first kappa shape index (κ1) is 17.6. The summed E-state index contributed by atoms with van der Waals surface area (Å²) in [7, 11) is 5.03. The van der Waals surface area contributed by atoms with Crippen molar-refractivity contribution in [1.82, 2.24) is 4.90 Å². The molecule has 0 bridgehead atoms. The molecule has 2 rings (SSSR count). The van der Waals surface area contributed by atoms with Crippen molar-refractivity contribution in [3.63, 3.8) is 0 Å². The number of rotatable bonds is 6. The van der Waals surface area contributed by atoms with Crippen molar-refractivity contribution in [3.8, 4) is 11.5 Å². The van der Waals surface area contributed by atoms with Gasteiger partial charge >= 0.3 is 0 Å². The monoisotopic (exact) mass is 322 g/mol. The van der Waals surface area contributed by atoms with Gasteiger partial charge in [0.2, 0.25) is 5.91 Å². The number of nitrogens with two attached hydrogens (primary N) is 1. The third kappa shape index (κ3) is 3.95. The van der Waals surface area contributed by atoms with Gasteiger partial charge in [0, 0.05) is 39.4 Å². The molecule has 0 aliphatic carbocycles. The van der Waals surface area contributed by atoms with E-state index in [1.807, 2.05) is 18.2 Å². The van der Waals surface area contributed by atoms with Gasteiger partial charge in [-0.25, -0.2) is 0 Å². The topological polar surface area (TPSA) is 74.0 Å². The van der Waals surface area contributed by atoms with Gasteiger partial charge in [-0.05, 0) is 30.5 Å². The molecule has 0 aromatic heterocycles. The average molecular weight is 322 g/mol. The SMILES string of the molecule is COc1cc(CN(C)C(=O)C2(CN)CCOCC2)cc(OC)c1. The second-order valence-corrected chi connectivity index (χ2v) is 5.98. The van der Waals surface area contributed by atoms with Gasteiger partial charge in [0.25, 0.3) is 0 Å². The van der Waals surface area contributed by atoms with Crippen LogP contribution in [0.2, 0.25) is 0 Å². The second kappa shape index (κ2) is 7.66. The van der Waals surface area contributed by atoms with Crippen LogP contribution in [0.4, 0.5) is 0 Å². The Bertz CT molecular complexity index is 519. The molecule has 0 saturated carbocycles. The van der Waals surface area contributed by atoms with Crippen LogP contribution in [0.25, 0.3) is 0 Å². The third-order valence-corrected chi connectivity index (χ3v) is 4.47. The molecular weight excluding hydrogens is 296 g/mol. The van der Waals surface area contributed by atoms with Crippen molar-refractivity contribution in [1.29, 1.82) is 0 Å². The highest BCUT2D eigenvalue weighted by Crippen LogP contribution is 2.32. The largest absolute Gasteiger partial charge is 0.497 e. The van der Waals surface area contributed by atoms with Gasteiger partial charge < -0.3 is 24.8 Å². The molecule has 0 atom stereocenters. The molecule has 1 fully saturated rings. The molecule has 1 aromatic carbocycles. The molecule has 1 aliphatic rings. The van der Waals surface area contributed by atoms with Crippen LogP contribution in [-0.4, -0.2) is 51.8 Å². The van der Waals surface area contributed by atoms with E-state index in [1.165, 1.54) is 0 Å². The fourth-order valence-electron chi connectivity index (χ4n) is 2.98. The van der Waals surface area contributed by atoms with E-state index in [9.17, 15) is 4.79 Å². The molecule has 1 aromatic rings. The number of benzene rings is 1. The van der Waals surface area contributed by atoms with Crippen LogP contribution in [0.15, 0.2) is 18.2 Å². The molecule has 1 heterocycles. The Kier molecular flexibility index (Phi) is 5.85. The van der Waals surface area contributed by atoms with E-state index >= 15 is 0 Å². The maximum Gasteiger partial charge on any atom is 0.230 e. The van der Waals surface area contributed by atoms with Crippen LogP contribution in [0, 0.1) is 5.41 Å². The second-order valence-electron chi connectivity index (χ2n) is 5.98. The van der Waals surface area contributed by atoms with Gasteiger partial charge in [-0.15, -0.1) is 0 Å². The Balaban J connectivity index is 2.14. The summed E-state index contributed by atoms with van der Waals surface area (Å²) in [5, 5.41) is 0. The van der Waals surface area contributed by atoms with E-state index in [0.717, 1.165) is 5.56 Å². The normalized spacial score (nSPS) is 16.7. The summed E-state index contributed by atoms with van der Waals surface area (Å²) >= 11 is 0. The predicted molar refractivity (Wildman–Crippen MR) is 87.6 cm³/mol. The van der Waals surface area contributed by atoms with Gasteiger partial charge in [0.05, 0.1) is 19.6 Å². The molecular formula is C17H26N2O4. The summed E-state index contributed by atoms with van der Waals surface area (Å²) < 4.78 is 15.9. The van der Waals surface area contributed by atoms with Crippen molar-refractivity contribution in [2.75, 3.05) is 41.0 Å². The van der Waals surface area contributed by atoms with E-state index in [4.69, 9.17) is 19.9 Å². The summed E-state index contributed by atoms with van der Waals surface area (Å²) in [5.74, 6) is 1.49. The van der Waals surface area contributed by atoms with E-state index < -0.39 is 5.41 Å². The zero-order valence-electron chi connectivity index (χ0n) is 14.1. The summed E-state index contributed by atoms with van der Waals surface area (Å²) in [6.07, 6.45) is 1.35. The fraction of sp³-hybridized carbons (Fsp3) is 0.588. The Hall–Kier alpha value is -1.79. The first-order chi connectivity index (χ1) is 11.0. The highest BCUT2D eigenvalue weighted by molar-refractivity contribution is 5.83. The molecule has 2 N–H and O–H groups in total. The van der Waals surface area contributed by atoms with Crippen molar-refractivity contribution >= 4 is 5.91 Å². The summed E-state index contributed by atoms with van der Waals surface area (Å²) in [6, 6.07) is 5.63. The van der Waals surface area contributed by atoms with Crippen LogP contribution in [0.5, 0.6) is 11.5 Å². The maximum atomic E-state index is 12.9. The minimum atomic E-state index is -0.504. The van der Waals surface area contributed by atoms with Crippen molar-refractivity contribution in [2.45, 2.75) is 19.4 Å². The molecule has 0 spiro atoms. The first-order valence-electron chi connectivity index (χ1n) is 7.80. The Morgan fingerprint density at radius 1 is 1.22 bits per heavy atom. The smallest absolute Gasteiger partial charge is 0.230 e. The molecule has 0 unspecified atom stereocenters.